The molecule has 3 atom stereocenters. The van der Waals surface area contributed by atoms with E-state index in [9.17, 15) is 14.4 Å². The van der Waals surface area contributed by atoms with Crippen LogP contribution in [-0.2, 0) is 19.1 Å². The lowest BCUT2D eigenvalue weighted by atomic mass is 9.94. The summed E-state index contributed by atoms with van der Waals surface area (Å²) in [5.41, 5.74) is -1.25. The molecule has 0 aromatic heterocycles. The van der Waals surface area contributed by atoms with E-state index in [1.807, 2.05) is 30.3 Å². The Kier molecular flexibility index (Phi) is 3.74. The topological polar surface area (TPSA) is 60.4 Å². The molecule has 0 radical (unpaired) electrons. The van der Waals surface area contributed by atoms with Crippen LogP contribution in [0.4, 0.5) is 0 Å². The zero-order chi connectivity index (χ0) is 15.8. The number of ketones is 1. The molecule has 0 N–H and O–H groups in total. The normalized spacial score (nSPS) is 27.8. The highest BCUT2D eigenvalue weighted by molar-refractivity contribution is 6.11. The number of esters is 1. The molecule has 4 heteroatoms. The van der Waals surface area contributed by atoms with Gasteiger partial charge in [0.05, 0.1) is 0 Å². The minimum Gasteiger partial charge on any atom is -0.459 e. The SMILES string of the molecule is CC(=O)[C@@]1(C(=O)OC(C)(C)C)[C@H](C=O)[C@H]1c1ccccc1. The average molecular weight is 288 g/mol. The van der Waals surface area contributed by atoms with E-state index in [1.165, 1.54) is 6.92 Å². The molecular formula is C17H20O4. The van der Waals surface area contributed by atoms with Crippen molar-refractivity contribution in [1.82, 2.24) is 0 Å². The third-order valence-corrected chi connectivity index (χ3v) is 3.89. The number of rotatable bonds is 4. The third-order valence-electron chi connectivity index (χ3n) is 3.89. The maximum atomic E-state index is 12.5. The molecule has 0 unspecified atom stereocenters. The highest BCUT2D eigenvalue weighted by Crippen LogP contribution is 2.65. The second-order valence-electron chi connectivity index (χ2n) is 6.48. The quantitative estimate of drug-likeness (QED) is 0.485. The Hall–Kier alpha value is -1.97. The minimum absolute atomic E-state index is 0.317. The van der Waals surface area contributed by atoms with Gasteiger partial charge in [-0.3, -0.25) is 9.59 Å². The van der Waals surface area contributed by atoms with Crippen LogP contribution in [0.1, 0.15) is 39.2 Å². The molecule has 0 heterocycles. The monoisotopic (exact) mass is 288 g/mol. The number of Topliss-reactive ketones (excluding diaryl/α,β-unsaturated/α-hetero) is 1. The van der Waals surface area contributed by atoms with E-state index in [1.54, 1.807) is 20.8 Å². The molecule has 1 aromatic rings. The lowest BCUT2D eigenvalue weighted by Gasteiger charge is -2.23. The lowest BCUT2D eigenvalue weighted by Crippen LogP contribution is -2.35. The van der Waals surface area contributed by atoms with Crippen LogP contribution in [0.3, 0.4) is 0 Å². The first-order valence-corrected chi connectivity index (χ1v) is 7.00. The molecular weight excluding hydrogens is 268 g/mol. The fourth-order valence-electron chi connectivity index (χ4n) is 2.95. The molecule has 0 amide bonds. The van der Waals surface area contributed by atoms with Gasteiger partial charge in [0.25, 0.3) is 0 Å². The highest BCUT2D eigenvalue weighted by Gasteiger charge is 2.74. The third kappa shape index (κ3) is 2.50. The fourth-order valence-corrected chi connectivity index (χ4v) is 2.95. The second kappa shape index (κ2) is 5.10. The second-order valence-corrected chi connectivity index (χ2v) is 6.48. The van der Waals surface area contributed by atoms with E-state index in [-0.39, 0.29) is 5.78 Å². The maximum absolute atomic E-state index is 12.5. The van der Waals surface area contributed by atoms with Gasteiger partial charge in [-0.1, -0.05) is 30.3 Å². The summed E-state index contributed by atoms with van der Waals surface area (Å²) in [6, 6.07) is 9.17. The molecule has 1 aromatic carbocycles. The molecule has 1 aliphatic carbocycles. The summed E-state index contributed by atoms with van der Waals surface area (Å²) in [7, 11) is 0. The van der Waals surface area contributed by atoms with Gasteiger partial charge in [0, 0.05) is 11.8 Å². The van der Waals surface area contributed by atoms with E-state index in [4.69, 9.17) is 4.74 Å². The van der Waals surface area contributed by atoms with E-state index >= 15 is 0 Å². The van der Waals surface area contributed by atoms with Crippen LogP contribution in [0.2, 0.25) is 0 Å². The van der Waals surface area contributed by atoms with Gasteiger partial charge in [-0.15, -0.1) is 0 Å². The van der Waals surface area contributed by atoms with E-state index in [2.05, 4.69) is 0 Å². The summed E-state index contributed by atoms with van der Waals surface area (Å²) in [6.45, 7) is 6.58. The Morgan fingerprint density at radius 2 is 1.76 bits per heavy atom. The van der Waals surface area contributed by atoms with Crippen molar-refractivity contribution in [1.29, 1.82) is 0 Å². The standard InChI is InChI=1S/C17H20O4/c1-11(19)17(15(20)21-16(2,3)4)13(10-18)14(17)12-8-6-5-7-9-12/h5-10,13-14H,1-4H3/t13-,14-,17-/m1/s1. The van der Waals surface area contributed by atoms with Crippen molar-refractivity contribution in [2.24, 2.45) is 11.3 Å². The predicted octanol–water partition coefficient (Wildman–Crippen LogP) is 2.52. The van der Waals surface area contributed by atoms with Crippen LogP contribution in [0.25, 0.3) is 0 Å². The maximum Gasteiger partial charge on any atom is 0.321 e. The molecule has 112 valence electrons. The van der Waals surface area contributed by atoms with Crippen LogP contribution in [-0.4, -0.2) is 23.6 Å². The molecule has 0 aliphatic heterocycles. The van der Waals surface area contributed by atoms with Crippen molar-refractivity contribution in [2.45, 2.75) is 39.2 Å². The molecule has 1 aliphatic rings. The van der Waals surface area contributed by atoms with E-state index in [0.29, 0.717) is 6.29 Å². The molecule has 4 nitrogen and oxygen atoms in total. The van der Waals surface area contributed by atoms with Crippen LogP contribution in [0.5, 0.6) is 0 Å². The van der Waals surface area contributed by atoms with Crippen LogP contribution in [0, 0.1) is 11.3 Å². The summed E-state index contributed by atoms with van der Waals surface area (Å²) in [6.07, 6.45) is 0.697. The first-order valence-electron chi connectivity index (χ1n) is 7.00. The molecule has 2 rings (SSSR count). The number of hydrogen-bond donors (Lipinski definition) is 0. The summed E-state index contributed by atoms with van der Waals surface area (Å²) in [5.74, 6) is -1.99. The van der Waals surface area contributed by atoms with Gasteiger partial charge >= 0.3 is 5.97 Å². The summed E-state index contributed by atoms with van der Waals surface area (Å²) >= 11 is 0. The van der Waals surface area contributed by atoms with Crippen LogP contribution in [0.15, 0.2) is 30.3 Å². The van der Waals surface area contributed by atoms with Gasteiger partial charge in [-0.2, -0.15) is 0 Å². The van der Waals surface area contributed by atoms with Gasteiger partial charge in [0.1, 0.15) is 23.1 Å². The van der Waals surface area contributed by atoms with Crippen molar-refractivity contribution >= 4 is 18.0 Å². The van der Waals surface area contributed by atoms with Crippen molar-refractivity contribution in [3.05, 3.63) is 35.9 Å². The molecule has 0 bridgehead atoms. The molecule has 0 spiro atoms. The summed E-state index contributed by atoms with van der Waals surface area (Å²) in [5, 5.41) is 0. The Bertz CT molecular complexity index is 570. The minimum atomic E-state index is -1.36. The zero-order valence-electron chi connectivity index (χ0n) is 12.8. The highest BCUT2D eigenvalue weighted by atomic mass is 16.6. The average Bonchev–Trinajstić information content (AvgIpc) is 3.08. The number of carbonyl (C=O) groups excluding carboxylic acids is 3. The van der Waals surface area contributed by atoms with Gasteiger partial charge in [0.15, 0.2) is 0 Å². The first kappa shape index (κ1) is 15.4. The fraction of sp³-hybridized carbons (Fsp3) is 0.471. The number of aldehydes is 1. The van der Waals surface area contributed by atoms with Crippen LogP contribution < -0.4 is 0 Å². The number of benzene rings is 1. The lowest BCUT2D eigenvalue weighted by molar-refractivity contribution is -0.165. The number of carbonyl (C=O) groups is 3. The van der Waals surface area contributed by atoms with Gasteiger partial charge < -0.3 is 9.53 Å². The Morgan fingerprint density at radius 1 is 1.19 bits per heavy atom. The first-order chi connectivity index (χ1) is 9.75. The molecule has 0 saturated heterocycles. The van der Waals surface area contributed by atoms with Crippen molar-refractivity contribution < 1.29 is 19.1 Å². The summed E-state index contributed by atoms with van der Waals surface area (Å²) in [4.78, 5) is 36.1. The Balaban J connectivity index is 2.41. The molecule has 1 saturated carbocycles. The molecule has 1 fully saturated rings. The van der Waals surface area contributed by atoms with E-state index < -0.39 is 28.8 Å². The number of ether oxygens (including phenoxy) is 1. The summed E-state index contributed by atoms with van der Waals surface area (Å²) < 4.78 is 5.39. The smallest absolute Gasteiger partial charge is 0.321 e. The number of hydrogen-bond acceptors (Lipinski definition) is 4. The predicted molar refractivity (Wildman–Crippen MR) is 77.7 cm³/mol. The van der Waals surface area contributed by atoms with Gasteiger partial charge in [-0.25, -0.2) is 0 Å². The van der Waals surface area contributed by atoms with Crippen LogP contribution >= 0.6 is 0 Å². The van der Waals surface area contributed by atoms with Crippen molar-refractivity contribution in [3.63, 3.8) is 0 Å². The van der Waals surface area contributed by atoms with Gasteiger partial charge in [0.2, 0.25) is 0 Å². The van der Waals surface area contributed by atoms with E-state index in [0.717, 1.165) is 5.56 Å². The molecule has 21 heavy (non-hydrogen) atoms. The largest absolute Gasteiger partial charge is 0.459 e. The Morgan fingerprint density at radius 3 is 2.19 bits per heavy atom. The van der Waals surface area contributed by atoms with Crippen molar-refractivity contribution in [3.8, 4) is 0 Å². The van der Waals surface area contributed by atoms with Gasteiger partial charge in [-0.05, 0) is 33.3 Å². The Labute approximate surface area is 124 Å². The van der Waals surface area contributed by atoms with Crippen molar-refractivity contribution in [2.75, 3.05) is 0 Å². The zero-order valence-corrected chi connectivity index (χ0v) is 12.8.